The van der Waals surface area contributed by atoms with Crippen molar-refractivity contribution in [2.45, 2.75) is 40.2 Å². The van der Waals surface area contributed by atoms with Crippen molar-refractivity contribution in [3.05, 3.63) is 70.4 Å². The molecule has 1 amide bonds. The molecule has 8 nitrogen and oxygen atoms in total. The fourth-order valence-electron chi connectivity index (χ4n) is 3.89. The number of hydrogen-bond donors (Lipinski definition) is 4. The number of amides is 1. The van der Waals surface area contributed by atoms with E-state index in [2.05, 4.69) is 20.9 Å². The van der Waals surface area contributed by atoms with E-state index in [4.69, 9.17) is 16.7 Å². The highest BCUT2D eigenvalue weighted by atomic mass is 35.5. The summed E-state index contributed by atoms with van der Waals surface area (Å²) >= 11 is 6.22. The van der Waals surface area contributed by atoms with Gasteiger partial charge in [-0.05, 0) is 62.6 Å². The minimum Gasteiger partial charge on any atom is -0.392 e. The molecule has 188 valence electrons. The van der Waals surface area contributed by atoms with Gasteiger partial charge in [0.05, 0.1) is 23.7 Å². The molecule has 9 heteroatoms. The van der Waals surface area contributed by atoms with Gasteiger partial charge < -0.3 is 21.1 Å². The Morgan fingerprint density at radius 2 is 1.92 bits per heavy atom. The molecule has 2 heterocycles. The first-order valence-corrected chi connectivity index (χ1v) is 12.4. The van der Waals surface area contributed by atoms with Gasteiger partial charge in [0.15, 0.2) is 11.5 Å². The van der Waals surface area contributed by atoms with Crippen molar-refractivity contribution in [1.29, 1.82) is 0 Å². The van der Waals surface area contributed by atoms with E-state index in [1.165, 1.54) is 0 Å². The van der Waals surface area contributed by atoms with Crippen LogP contribution in [-0.2, 0) is 0 Å². The number of fused-ring (bicyclic) bond motifs is 1. The van der Waals surface area contributed by atoms with Crippen LogP contribution in [0.15, 0.2) is 48.7 Å². The van der Waals surface area contributed by atoms with Gasteiger partial charge in [0.25, 0.3) is 5.91 Å². The lowest BCUT2D eigenvalue weighted by Gasteiger charge is -2.14. The molecule has 1 atom stereocenters. The fraction of sp³-hybridized carbons (Fsp3) is 0.296. The third-order valence-corrected chi connectivity index (χ3v) is 6.06. The molecule has 0 saturated carbocycles. The van der Waals surface area contributed by atoms with Gasteiger partial charge in [-0.15, -0.1) is 5.10 Å². The summed E-state index contributed by atoms with van der Waals surface area (Å²) in [6, 6.07) is 13.2. The van der Waals surface area contributed by atoms with Crippen molar-refractivity contribution < 1.29 is 9.90 Å². The standard InChI is InChI=1S/C27H31ClN6O2/c1-5-10-29-27(36)21-9-7-19(11-17(21)3)24-15-31-26-23(30-14-18(4)35)13-25(33-34(24)26)32-22-12-20(28)8-6-16(22)2/h6-9,11-13,15,18,30,35H,5,10,14H2,1-4H3,(H,29,36)(H,32,33). The third-order valence-electron chi connectivity index (χ3n) is 5.82. The molecular formula is C27H31ClN6O2. The lowest BCUT2D eigenvalue weighted by molar-refractivity contribution is 0.0953. The Hall–Kier alpha value is -3.62. The number of carbonyl (C=O) groups excluding carboxylic acids is 1. The van der Waals surface area contributed by atoms with Gasteiger partial charge in [0.1, 0.15) is 0 Å². The molecule has 2 aromatic carbocycles. The quantitative estimate of drug-likeness (QED) is 0.244. The topological polar surface area (TPSA) is 104 Å². The summed E-state index contributed by atoms with van der Waals surface area (Å²) in [4.78, 5) is 17.1. The van der Waals surface area contributed by atoms with Gasteiger partial charge in [-0.2, -0.15) is 0 Å². The molecule has 0 aliphatic rings. The number of imidazole rings is 1. The van der Waals surface area contributed by atoms with Crippen LogP contribution in [0.25, 0.3) is 16.9 Å². The summed E-state index contributed by atoms with van der Waals surface area (Å²) in [6.07, 6.45) is 2.11. The summed E-state index contributed by atoms with van der Waals surface area (Å²) in [5, 5.41) is 24.8. The van der Waals surface area contributed by atoms with E-state index in [1.807, 2.05) is 63.2 Å². The molecule has 4 aromatic rings. The van der Waals surface area contributed by atoms with Crippen molar-refractivity contribution in [2.24, 2.45) is 0 Å². The Kier molecular flexibility index (Phi) is 7.76. The van der Waals surface area contributed by atoms with E-state index < -0.39 is 6.10 Å². The molecule has 0 aliphatic heterocycles. The molecule has 1 unspecified atom stereocenters. The maximum atomic E-state index is 12.5. The Balaban J connectivity index is 1.77. The summed E-state index contributed by atoms with van der Waals surface area (Å²) in [5.74, 6) is 0.512. The number of benzene rings is 2. The van der Waals surface area contributed by atoms with E-state index in [0.717, 1.165) is 40.2 Å². The van der Waals surface area contributed by atoms with Crippen LogP contribution in [0, 0.1) is 13.8 Å². The van der Waals surface area contributed by atoms with Crippen LogP contribution in [-0.4, -0.2) is 44.8 Å². The van der Waals surface area contributed by atoms with Crippen LogP contribution in [0.3, 0.4) is 0 Å². The SMILES string of the molecule is CCCNC(=O)c1ccc(-c2cnc3c(NCC(C)O)cc(Nc4cc(Cl)ccc4C)nn23)cc1C. The van der Waals surface area contributed by atoms with Crippen LogP contribution in [0.4, 0.5) is 17.2 Å². The number of anilines is 3. The monoisotopic (exact) mass is 506 g/mol. The second-order valence-corrected chi connectivity index (χ2v) is 9.36. The molecule has 0 saturated heterocycles. The summed E-state index contributed by atoms with van der Waals surface area (Å²) in [5.41, 5.74) is 6.40. The Labute approximate surface area is 215 Å². The van der Waals surface area contributed by atoms with Crippen molar-refractivity contribution in [3.63, 3.8) is 0 Å². The number of halogens is 1. The molecule has 4 rings (SSSR count). The predicted octanol–water partition coefficient (Wildman–Crippen LogP) is 5.34. The highest BCUT2D eigenvalue weighted by Gasteiger charge is 2.16. The predicted molar refractivity (Wildman–Crippen MR) is 145 cm³/mol. The first-order chi connectivity index (χ1) is 17.3. The van der Waals surface area contributed by atoms with Crippen LogP contribution >= 0.6 is 11.6 Å². The van der Waals surface area contributed by atoms with E-state index in [-0.39, 0.29) is 5.91 Å². The lowest BCUT2D eigenvalue weighted by atomic mass is 10.0. The summed E-state index contributed by atoms with van der Waals surface area (Å²) in [7, 11) is 0. The van der Waals surface area contributed by atoms with E-state index in [0.29, 0.717) is 35.1 Å². The number of rotatable bonds is 9. The average molecular weight is 507 g/mol. The van der Waals surface area contributed by atoms with Crippen LogP contribution < -0.4 is 16.0 Å². The molecule has 2 aromatic heterocycles. The molecule has 4 N–H and O–H groups in total. The number of carbonyl (C=O) groups is 1. The Morgan fingerprint density at radius 1 is 1.11 bits per heavy atom. The molecular weight excluding hydrogens is 476 g/mol. The van der Waals surface area contributed by atoms with Crippen LogP contribution in [0.5, 0.6) is 0 Å². The van der Waals surface area contributed by atoms with Gasteiger partial charge in [-0.3, -0.25) is 4.79 Å². The van der Waals surface area contributed by atoms with Crippen molar-refractivity contribution in [1.82, 2.24) is 19.9 Å². The largest absolute Gasteiger partial charge is 0.392 e. The fourth-order valence-corrected chi connectivity index (χ4v) is 4.06. The molecule has 0 fully saturated rings. The second-order valence-electron chi connectivity index (χ2n) is 8.92. The number of nitrogens with zero attached hydrogens (tertiary/aromatic N) is 3. The smallest absolute Gasteiger partial charge is 0.251 e. The van der Waals surface area contributed by atoms with Gasteiger partial charge in [0, 0.05) is 41.0 Å². The van der Waals surface area contributed by atoms with Crippen molar-refractivity contribution in [2.75, 3.05) is 23.7 Å². The van der Waals surface area contributed by atoms with E-state index >= 15 is 0 Å². The zero-order valence-electron chi connectivity index (χ0n) is 20.9. The first-order valence-electron chi connectivity index (χ1n) is 12.0. The second kappa shape index (κ2) is 11.0. The first kappa shape index (κ1) is 25.5. The third kappa shape index (κ3) is 5.61. The summed E-state index contributed by atoms with van der Waals surface area (Å²) < 4.78 is 1.76. The van der Waals surface area contributed by atoms with Gasteiger partial charge in [-0.1, -0.05) is 30.7 Å². The van der Waals surface area contributed by atoms with Crippen LogP contribution in [0.1, 0.15) is 41.8 Å². The molecule has 0 bridgehead atoms. The number of nitrogens with one attached hydrogen (secondary N) is 3. The molecule has 0 spiro atoms. The molecule has 0 radical (unpaired) electrons. The van der Waals surface area contributed by atoms with E-state index in [1.54, 1.807) is 17.6 Å². The maximum Gasteiger partial charge on any atom is 0.251 e. The number of aryl methyl sites for hydroxylation is 2. The number of aromatic nitrogens is 3. The average Bonchev–Trinajstić information content (AvgIpc) is 3.27. The normalized spacial score (nSPS) is 11.9. The van der Waals surface area contributed by atoms with Crippen LogP contribution in [0.2, 0.25) is 5.02 Å². The van der Waals surface area contributed by atoms with Crippen molar-refractivity contribution >= 4 is 40.3 Å². The minimum atomic E-state index is -0.534. The Bertz CT molecular complexity index is 1400. The zero-order chi connectivity index (χ0) is 25.8. The lowest BCUT2D eigenvalue weighted by Crippen LogP contribution is -2.24. The van der Waals surface area contributed by atoms with Gasteiger partial charge in [-0.25, -0.2) is 9.50 Å². The van der Waals surface area contributed by atoms with Gasteiger partial charge >= 0.3 is 0 Å². The minimum absolute atomic E-state index is 0.0786. The van der Waals surface area contributed by atoms with Crippen molar-refractivity contribution in [3.8, 4) is 11.3 Å². The number of aliphatic hydroxyl groups excluding tert-OH is 1. The maximum absolute atomic E-state index is 12.5. The zero-order valence-corrected chi connectivity index (χ0v) is 21.6. The van der Waals surface area contributed by atoms with E-state index in [9.17, 15) is 9.90 Å². The summed E-state index contributed by atoms with van der Waals surface area (Å²) in [6.45, 7) is 8.66. The highest BCUT2D eigenvalue weighted by Crippen LogP contribution is 2.30. The number of hydrogen-bond acceptors (Lipinski definition) is 6. The molecule has 36 heavy (non-hydrogen) atoms. The Morgan fingerprint density at radius 3 is 2.64 bits per heavy atom. The number of aliphatic hydroxyl groups is 1. The molecule has 0 aliphatic carbocycles. The van der Waals surface area contributed by atoms with Gasteiger partial charge in [0.2, 0.25) is 0 Å². The highest BCUT2D eigenvalue weighted by molar-refractivity contribution is 6.30.